The normalized spacial score (nSPS) is 32.2. The largest absolute Gasteiger partial charge is 0.320 e. The second kappa shape index (κ2) is 6.13. The van der Waals surface area contributed by atoms with Crippen molar-refractivity contribution in [2.75, 3.05) is 6.54 Å². The van der Waals surface area contributed by atoms with Gasteiger partial charge in [-0.25, -0.2) is 0 Å². The maximum Gasteiger partial charge on any atom is 0.249 e. The number of nitrogens with zero attached hydrogens (tertiary/aromatic N) is 2. The van der Waals surface area contributed by atoms with Gasteiger partial charge in [0.2, 0.25) is 17.7 Å². The highest BCUT2D eigenvalue weighted by Crippen LogP contribution is 2.27. The molecule has 2 aliphatic heterocycles. The van der Waals surface area contributed by atoms with Gasteiger partial charge in [0.15, 0.2) is 0 Å². The molecule has 6 heteroatoms. The van der Waals surface area contributed by atoms with E-state index in [2.05, 4.69) is 24.1 Å². The van der Waals surface area contributed by atoms with E-state index in [1.807, 2.05) is 13.8 Å². The second-order valence-electron chi connectivity index (χ2n) is 6.20. The maximum atomic E-state index is 12.8. The minimum Gasteiger partial charge on any atom is -0.320 e. The molecule has 0 aromatic carbocycles. The van der Waals surface area contributed by atoms with E-state index in [-0.39, 0.29) is 24.4 Å². The average Bonchev–Trinajstić information content (AvgIpc) is 2.75. The molecule has 4 atom stereocenters. The Morgan fingerprint density at radius 3 is 2.38 bits per heavy atom. The zero-order chi connectivity index (χ0) is 15.7. The lowest BCUT2D eigenvalue weighted by molar-refractivity contribution is -0.153. The summed E-state index contributed by atoms with van der Waals surface area (Å²) < 4.78 is 0. The molecule has 21 heavy (non-hydrogen) atoms. The molecule has 2 aliphatic rings. The number of rotatable bonds is 3. The Balaban J connectivity index is 2.17. The van der Waals surface area contributed by atoms with Gasteiger partial charge in [-0.3, -0.25) is 24.6 Å². The molecular weight excluding hydrogens is 270 g/mol. The van der Waals surface area contributed by atoms with Crippen LogP contribution in [0.2, 0.25) is 0 Å². The summed E-state index contributed by atoms with van der Waals surface area (Å²) in [7, 11) is 0. The van der Waals surface area contributed by atoms with Crippen LogP contribution in [-0.2, 0) is 14.4 Å². The van der Waals surface area contributed by atoms with E-state index in [9.17, 15) is 14.4 Å². The van der Waals surface area contributed by atoms with E-state index < -0.39 is 11.9 Å². The minimum absolute atomic E-state index is 0.0238. The summed E-state index contributed by atoms with van der Waals surface area (Å²) in [6, 6.07) is -0.127. The van der Waals surface area contributed by atoms with Crippen molar-refractivity contribution in [2.24, 2.45) is 0 Å². The number of imide groups is 1. The van der Waals surface area contributed by atoms with E-state index in [1.165, 1.54) is 4.90 Å². The molecule has 0 aromatic rings. The Labute approximate surface area is 125 Å². The maximum absolute atomic E-state index is 12.8. The van der Waals surface area contributed by atoms with Crippen molar-refractivity contribution in [1.29, 1.82) is 0 Å². The smallest absolute Gasteiger partial charge is 0.249 e. The summed E-state index contributed by atoms with van der Waals surface area (Å²) in [5, 5.41) is 2.31. The number of carbonyl (C=O) groups is 3. The molecule has 118 valence electrons. The van der Waals surface area contributed by atoms with Crippen LogP contribution in [0, 0.1) is 0 Å². The third-order valence-electron chi connectivity index (χ3n) is 4.75. The van der Waals surface area contributed by atoms with Gasteiger partial charge in [-0.2, -0.15) is 0 Å². The van der Waals surface area contributed by atoms with Crippen LogP contribution >= 0.6 is 0 Å². The SMILES string of the molecule is CCC1C(=O)NC(=O)CN1C(=O)C(C)N1C(C)CCC1C. The van der Waals surface area contributed by atoms with Gasteiger partial charge in [0.05, 0.1) is 6.04 Å². The monoisotopic (exact) mass is 295 g/mol. The van der Waals surface area contributed by atoms with Crippen LogP contribution < -0.4 is 5.32 Å². The zero-order valence-electron chi connectivity index (χ0n) is 13.3. The van der Waals surface area contributed by atoms with Gasteiger partial charge in [-0.05, 0) is 40.0 Å². The molecule has 0 spiro atoms. The molecule has 2 saturated heterocycles. The topological polar surface area (TPSA) is 69.7 Å². The van der Waals surface area contributed by atoms with Crippen molar-refractivity contribution >= 4 is 17.7 Å². The van der Waals surface area contributed by atoms with Crippen molar-refractivity contribution in [3.05, 3.63) is 0 Å². The fourth-order valence-corrected chi connectivity index (χ4v) is 3.65. The predicted octanol–water partition coefficient (Wildman–Crippen LogP) is 0.511. The van der Waals surface area contributed by atoms with Gasteiger partial charge >= 0.3 is 0 Å². The van der Waals surface area contributed by atoms with Crippen LogP contribution in [0.1, 0.15) is 47.0 Å². The predicted molar refractivity (Wildman–Crippen MR) is 78.4 cm³/mol. The van der Waals surface area contributed by atoms with E-state index in [0.717, 1.165) is 12.8 Å². The van der Waals surface area contributed by atoms with Crippen molar-refractivity contribution in [3.63, 3.8) is 0 Å². The van der Waals surface area contributed by atoms with E-state index in [0.29, 0.717) is 18.5 Å². The molecule has 0 aliphatic carbocycles. The van der Waals surface area contributed by atoms with Crippen molar-refractivity contribution in [1.82, 2.24) is 15.1 Å². The molecule has 0 bridgehead atoms. The summed E-state index contributed by atoms with van der Waals surface area (Å²) >= 11 is 0. The second-order valence-corrected chi connectivity index (χ2v) is 6.20. The lowest BCUT2D eigenvalue weighted by atomic mass is 10.1. The Morgan fingerprint density at radius 1 is 1.29 bits per heavy atom. The molecule has 0 aromatic heterocycles. The highest BCUT2D eigenvalue weighted by atomic mass is 16.2. The Morgan fingerprint density at radius 2 is 1.86 bits per heavy atom. The molecular formula is C15H25N3O3. The number of likely N-dealkylation sites (tertiary alicyclic amines) is 1. The number of hydrogen-bond acceptors (Lipinski definition) is 4. The van der Waals surface area contributed by atoms with Crippen molar-refractivity contribution in [2.45, 2.75) is 71.1 Å². The van der Waals surface area contributed by atoms with Crippen molar-refractivity contribution in [3.8, 4) is 0 Å². The minimum atomic E-state index is -0.536. The highest BCUT2D eigenvalue weighted by molar-refractivity contribution is 6.04. The van der Waals surface area contributed by atoms with E-state index >= 15 is 0 Å². The first-order chi connectivity index (χ1) is 9.86. The van der Waals surface area contributed by atoms with Gasteiger partial charge in [-0.15, -0.1) is 0 Å². The fourth-order valence-electron chi connectivity index (χ4n) is 3.65. The van der Waals surface area contributed by atoms with Gasteiger partial charge in [0.25, 0.3) is 0 Å². The first kappa shape index (κ1) is 15.9. The molecule has 0 radical (unpaired) electrons. The standard InChI is InChI=1S/C15H25N3O3/c1-5-12-14(20)16-13(19)8-17(12)15(21)11(4)18-9(2)6-7-10(18)3/h9-12H,5-8H2,1-4H3,(H,16,19,20). The molecule has 4 unspecified atom stereocenters. The van der Waals surface area contributed by atoms with Gasteiger partial charge in [-0.1, -0.05) is 6.92 Å². The van der Waals surface area contributed by atoms with Gasteiger partial charge in [0, 0.05) is 12.1 Å². The number of carbonyl (C=O) groups excluding carboxylic acids is 3. The first-order valence-electron chi connectivity index (χ1n) is 7.78. The summed E-state index contributed by atoms with van der Waals surface area (Å²) in [6.07, 6.45) is 2.67. The van der Waals surface area contributed by atoms with Crippen LogP contribution in [-0.4, -0.2) is 58.2 Å². The molecule has 2 heterocycles. The first-order valence-corrected chi connectivity index (χ1v) is 7.78. The lowest BCUT2D eigenvalue weighted by Crippen LogP contribution is -2.63. The van der Waals surface area contributed by atoms with E-state index in [4.69, 9.17) is 0 Å². The summed E-state index contributed by atoms with van der Waals surface area (Å²) in [6.45, 7) is 7.96. The quantitative estimate of drug-likeness (QED) is 0.770. The number of hydrogen-bond donors (Lipinski definition) is 1. The van der Waals surface area contributed by atoms with Crippen LogP contribution in [0.3, 0.4) is 0 Å². The number of piperazine rings is 1. The third kappa shape index (κ3) is 2.95. The Kier molecular flexibility index (Phi) is 4.66. The Bertz CT molecular complexity index is 441. The highest BCUT2D eigenvalue weighted by Gasteiger charge is 2.41. The van der Waals surface area contributed by atoms with Crippen LogP contribution in [0.25, 0.3) is 0 Å². The van der Waals surface area contributed by atoms with Crippen LogP contribution in [0.15, 0.2) is 0 Å². The molecule has 6 nitrogen and oxygen atoms in total. The Hall–Kier alpha value is -1.43. The third-order valence-corrected chi connectivity index (χ3v) is 4.75. The summed E-state index contributed by atoms with van der Waals surface area (Å²) in [4.78, 5) is 39.9. The summed E-state index contributed by atoms with van der Waals surface area (Å²) in [5.41, 5.74) is 0. The molecule has 2 rings (SSSR count). The molecule has 3 amide bonds. The molecule has 2 fully saturated rings. The number of amides is 3. The average molecular weight is 295 g/mol. The van der Waals surface area contributed by atoms with Gasteiger partial charge < -0.3 is 4.90 Å². The van der Waals surface area contributed by atoms with Crippen LogP contribution in [0.5, 0.6) is 0 Å². The lowest BCUT2D eigenvalue weighted by Gasteiger charge is -2.39. The molecule has 1 N–H and O–H groups in total. The van der Waals surface area contributed by atoms with Gasteiger partial charge in [0.1, 0.15) is 12.6 Å². The van der Waals surface area contributed by atoms with Crippen molar-refractivity contribution < 1.29 is 14.4 Å². The molecule has 0 saturated carbocycles. The number of nitrogens with one attached hydrogen (secondary N) is 1. The van der Waals surface area contributed by atoms with E-state index in [1.54, 1.807) is 0 Å². The summed E-state index contributed by atoms with van der Waals surface area (Å²) in [5.74, 6) is -0.879. The fraction of sp³-hybridized carbons (Fsp3) is 0.800. The van der Waals surface area contributed by atoms with Crippen LogP contribution in [0.4, 0.5) is 0 Å². The zero-order valence-corrected chi connectivity index (χ0v) is 13.3.